The van der Waals surface area contributed by atoms with Gasteiger partial charge < -0.3 is 10.2 Å². The summed E-state index contributed by atoms with van der Waals surface area (Å²) in [7, 11) is 0. The molecular weight excluding hydrogens is 220 g/mol. The van der Waals surface area contributed by atoms with Crippen molar-refractivity contribution in [1.29, 1.82) is 0 Å². The SMILES string of the molecule is OOOSCCCc1cc(O)ccc1O. The van der Waals surface area contributed by atoms with Crippen LogP contribution in [-0.4, -0.2) is 21.2 Å². The summed E-state index contributed by atoms with van der Waals surface area (Å²) < 4.78 is 4.19. The van der Waals surface area contributed by atoms with E-state index in [0.29, 0.717) is 17.7 Å². The first-order valence-corrected chi connectivity index (χ1v) is 5.25. The van der Waals surface area contributed by atoms with Gasteiger partial charge in [0, 0.05) is 17.8 Å². The predicted molar refractivity (Wildman–Crippen MR) is 55.3 cm³/mol. The van der Waals surface area contributed by atoms with Gasteiger partial charge in [0.25, 0.3) is 0 Å². The van der Waals surface area contributed by atoms with Crippen LogP contribution < -0.4 is 0 Å². The second kappa shape index (κ2) is 6.52. The molecule has 6 heteroatoms. The maximum atomic E-state index is 9.42. The molecule has 0 amide bonds. The fraction of sp³-hybridized carbons (Fsp3) is 0.333. The highest BCUT2D eigenvalue weighted by molar-refractivity contribution is 7.94. The molecule has 1 aromatic rings. The van der Waals surface area contributed by atoms with Gasteiger partial charge in [-0.3, -0.25) is 0 Å². The number of benzene rings is 1. The Morgan fingerprint density at radius 2 is 2.07 bits per heavy atom. The summed E-state index contributed by atoms with van der Waals surface area (Å²) in [5.41, 5.74) is 0.681. The van der Waals surface area contributed by atoms with Gasteiger partial charge in [0.05, 0.1) is 0 Å². The molecule has 0 radical (unpaired) electrons. The average Bonchev–Trinajstić information content (AvgIpc) is 2.23. The molecule has 0 aliphatic heterocycles. The smallest absolute Gasteiger partial charge is 0.119 e. The van der Waals surface area contributed by atoms with Crippen LogP contribution in [0.5, 0.6) is 11.5 Å². The largest absolute Gasteiger partial charge is 0.508 e. The van der Waals surface area contributed by atoms with Crippen molar-refractivity contribution < 1.29 is 24.8 Å². The molecule has 0 atom stereocenters. The first-order valence-electron chi connectivity index (χ1n) is 4.34. The van der Waals surface area contributed by atoms with Gasteiger partial charge in [0.15, 0.2) is 0 Å². The van der Waals surface area contributed by atoms with Crippen LogP contribution in [0.25, 0.3) is 0 Å². The van der Waals surface area contributed by atoms with Crippen LogP contribution in [0.15, 0.2) is 18.2 Å². The summed E-state index contributed by atoms with van der Waals surface area (Å²) in [6.45, 7) is 0. The van der Waals surface area contributed by atoms with Crippen molar-refractivity contribution in [2.45, 2.75) is 12.8 Å². The minimum atomic E-state index is 0.130. The molecule has 15 heavy (non-hydrogen) atoms. The molecule has 0 saturated heterocycles. The lowest BCUT2D eigenvalue weighted by Crippen LogP contribution is -1.89. The van der Waals surface area contributed by atoms with E-state index >= 15 is 0 Å². The molecule has 0 bridgehead atoms. The maximum absolute atomic E-state index is 9.42. The van der Waals surface area contributed by atoms with Crippen molar-refractivity contribution in [1.82, 2.24) is 0 Å². The molecule has 0 aliphatic carbocycles. The molecule has 1 aromatic carbocycles. The molecule has 0 saturated carbocycles. The molecule has 0 spiro atoms. The summed E-state index contributed by atoms with van der Waals surface area (Å²) in [5.74, 6) is 0.901. The minimum Gasteiger partial charge on any atom is -0.508 e. The highest BCUT2D eigenvalue weighted by atomic mass is 32.2. The Bertz CT molecular complexity index is 305. The van der Waals surface area contributed by atoms with Crippen molar-refractivity contribution in [3.05, 3.63) is 23.8 Å². The zero-order chi connectivity index (χ0) is 11.1. The zero-order valence-corrected chi connectivity index (χ0v) is 8.74. The third kappa shape index (κ3) is 4.39. The van der Waals surface area contributed by atoms with E-state index in [1.165, 1.54) is 18.2 Å². The quantitative estimate of drug-likeness (QED) is 0.229. The number of phenols is 2. The fourth-order valence-electron chi connectivity index (χ4n) is 1.15. The van der Waals surface area contributed by atoms with Crippen molar-refractivity contribution >= 4 is 12.0 Å². The van der Waals surface area contributed by atoms with Gasteiger partial charge >= 0.3 is 0 Å². The van der Waals surface area contributed by atoms with Crippen LogP contribution >= 0.6 is 12.0 Å². The number of aromatic hydroxyl groups is 2. The lowest BCUT2D eigenvalue weighted by atomic mass is 10.1. The Morgan fingerprint density at radius 3 is 2.80 bits per heavy atom. The first kappa shape index (κ1) is 12.1. The number of rotatable bonds is 6. The van der Waals surface area contributed by atoms with Gasteiger partial charge in [-0.05, 0) is 36.6 Å². The van der Waals surface area contributed by atoms with Crippen LogP contribution in [0.4, 0.5) is 0 Å². The Kier molecular flexibility index (Phi) is 5.27. The Morgan fingerprint density at radius 1 is 1.27 bits per heavy atom. The highest BCUT2D eigenvalue weighted by Crippen LogP contribution is 2.23. The third-order valence-electron chi connectivity index (χ3n) is 1.82. The topological polar surface area (TPSA) is 79.2 Å². The van der Waals surface area contributed by atoms with E-state index in [2.05, 4.69) is 9.37 Å². The zero-order valence-electron chi connectivity index (χ0n) is 7.92. The molecule has 1 rings (SSSR count). The lowest BCUT2D eigenvalue weighted by Gasteiger charge is -2.04. The average molecular weight is 232 g/mol. The lowest BCUT2D eigenvalue weighted by molar-refractivity contribution is -0.432. The maximum Gasteiger partial charge on any atom is 0.119 e. The first-order chi connectivity index (χ1) is 7.24. The van der Waals surface area contributed by atoms with E-state index in [-0.39, 0.29) is 11.5 Å². The molecule has 0 heterocycles. The molecule has 5 nitrogen and oxygen atoms in total. The highest BCUT2D eigenvalue weighted by Gasteiger charge is 2.02. The number of hydrogen-bond acceptors (Lipinski definition) is 6. The molecule has 84 valence electrons. The number of hydrogen-bond donors (Lipinski definition) is 3. The van der Waals surface area contributed by atoms with Gasteiger partial charge in [-0.1, -0.05) is 5.04 Å². The van der Waals surface area contributed by atoms with E-state index in [9.17, 15) is 10.2 Å². The van der Waals surface area contributed by atoms with Crippen LogP contribution in [0.2, 0.25) is 0 Å². The Balaban J connectivity index is 2.33. The second-order valence-electron chi connectivity index (χ2n) is 2.88. The molecule has 0 unspecified atom stereocenters. The van der Waals surface area contributed by atoms with Gasteiger partial charge in [0.2, 0.25) is 0 Å². The second-order valence-corrected chi connectivity index (χ2v) is 3.66. The molecule has 0 fully saturated rings. The van der Waals surface area contributed by atoms with E-state index in [0.717, 1.165) is 18.5 Å². The van der Waals surface area contributed by atoms with Gasteiger partial charge in [-0.15, -0.1) is 4.33 Å². The van der Waals surface area contributed by atoms with Crippen LogP contribution in [0.1, 0.15) is 12.0 Å². The summed E-state index contributed by atoms with van der Waals surface area (Å²) in [6, 6.07) is 4.39. The third-order valence-corrected chi connectivity index (χ3v) is 2.43. The molecule has 0 aliphatic rings. The molecule has 0 aromatic heterocycles. The normalized spacial score (nSPS) is 10.5. The minimum absolute atomic E-state index is 0.130. The molecule has 3 N–H and O–H groups in total. The Hall–Kier alpha value is -0.950. The van der Waals surface area contributed by atoms with Crippen molar-refractivity contribution in [2.75, 3.05) is 5.75 Å². The summed E-state index contributed by atoms with van der Waals surface area (Å²) in [4.78, 5) is 0. The fourth-order valence-corrected chi connectivity index (χ4v) is 1.52. The summed E-state index contributed by atoms with van der Waals surface area (Å²) in [5, 5.41) is 29.9. The van der Waals surface area contributed by atoms with Crippen LogP contribution in [0, 0.1) is 0 Å². The van der Waals surface area contributed by atoms with E-state index in [1.54, 1.807) is 0 Å². The van der Waals surface area contributed by atoms with E-state index < -0.39 is 0 Å². The van der Waals surface area contributed by atoms with Crippen molar-refractivity contribution in [2.24, 2.45) is 0 Å². The summed E-state index contributed by atoms with van der Waals surface area (Å²) in [6.07, 6.45) is 1.34. The van der Waals surface area contributed by atoms with Crippen molar-refractivity contribution in [3.63, 3.8) is 0 Å². The van der Waals surface area contributed by atoms with Crippen LogP contribution in [0.3, 0.4) is 0 Å². The molecular formula is C9H12O5S. The number of phenolic OH excluding ortho intramolecular Hbond substituents is 2. The van der Waals surface area contributed by atoms with Gasteiger partial charge in [-0.2, -0.15) is 0 Å². The standard InChI is InChI=1S/C9H12O5S/c10-8-3-4-9(11)7(6-8)2-1-5-15-14-13-12/h3-4,6,10-12H,1-2,5H2. The Labute approximate surface area is 91.3 Å². The van der Waals surface area contributed by atoms with Gasteiger partial charge in [0.1, 0.15) is 11.5 Å². The van der Waals surface area contributed by atoms with E-state index in [1.807, 2.05) is 0 Å². The van der Waals surface area contributed by atoms with Crippen LogP contribution in [-0.2, 0) is 15.8 Å². The van der Waals surface area contributed by atoms with Crippen molar-refractivity contribution in [3.8, 4) is 11.5 Å². The van der Waals surface area contributed by atoms with E-state index in [4.69, 9.17) is 5.26 Å². The predicted octanol–water partition coefficient (Wildman–Crippen LogP) is 2.10. The summed E-state index contributed by atoms with van der Waals surface area (Å²) >= 11 is 0.966. The monoisotopic (exact) mass is 232 g/mol. The number of aryl methyl sites for hydroxylation is 1. The van der Waals surface area contributed by atoms with Gasteiger partial charge in [-0.25, -0.2) is 5.26 Å².